The van der Waals surface area contributed by atoms with Crippen molar-refractivity contribution in [1.82, 2.24) is 5.32 Å². The highest BCUT2D eigenvalue weighted by molar-refractivity contribution is 5.40. The Balaban J connectivity index is 1.29. The topological polar surface area (TPSA) is 21.3 Å². The molecule has 0 bridgehead atoms. The van der Waals surface area contributed by atoms with Gasteiger partial charge in [-0.25, -0.2) is 0 Å². The maximum atomic E-state index is 5.67. The van der Waals surface area contributed by atoms with E-state index in [1.54, 1.807) is 0 Å². The zero-order chi connectivity index (χ0) is 13.6. The Morgan fingerprint density at radius 1 is 1.00 bits per heavy atom. The summed E-state index contributed by atoms with van der Waals surface area (Å²) in [5.41, 5.74) is 3.05. The van der Waals surface area contributed by atoms with Crippen LogP contribution >= 0.6 is 0 Å². The van der Waals surface area contributed by atoms with Crippen molar-refractivity contribution < 1.29 is 4.74 Å². The van der Waals surface area contributed by atoms with E-state index >= 15 is 0 Å². The second kappa shape index (κ2) is 6.58. The van der Waals surface area contributed by atoms with E-state index in [-0.39, 0.29) is 0 Å². The molecule has 2 aromatic rings. The van der Waals surface area contributed by atoms with E-state index < -0.39 is 0 Å². The number of hydrogen-bond acceptors (Lipinski definition) is 2. The smallest absolute Gasteiger partial charge is 0.119 e. The van der Waals surface area contributed by atoms with E-state index in [0.29, 0.717) is 5.92 Å². The summed E-state index contributed by atoms with van der Waals surface area (Å²) in [6, 6.07) is 18.8. The number of rotatable bonds is 7. The minimum atomic E-state index is 0.709. The van der Waals surface area contributed by atoms with Crippen LogP contribution in [0.15, 0.2) is 54.6 Å². The molecule has 1 aliphatic carbocycles. The van der Waals surface area contributed by atoms with Crippen molar-refractivity contribution in [3.8, 4) is 5.75 Å². The SMILES string of the molecule is c1ccc(OCCCNCC2Cc3ccccc32)cc1. The fraction of sp³-hybridized carbons (Fsp3) is 0.333. The largest absolute Gasteiger partial charge is 0.494 e. The predicted molar refractivity (Wildman–Crippen MR) is 82.3 cm³/mol. The number of nitrogens with one attached hydrogen (secondary N) is 1. The van der Waals surface area contributed by atoms with Gasteiger partial charge in [0.25, 0.3) is 0 Å². The van der Waals surface area contributed by atoms with Gasteiger partial charge in [-0.1, -0.05) is 42.5 Å². The molecule has 0 heterocycles. The van der Waals surface area contributed by atoms with Crippen LogP contribution in [0.3, 0.4) is 0 Å². The van der Waals surface area contributed by atoms with Crippen molar-refractivity contribution in [2.45, 2.75) is 18.8 Å². The Morgan fingerprint density at radius 2 is 1.80 bits per heavy atom. The van der Waals surface area contributed by atoms with Crippen molar-refractivity contribution in [3.63, 3.8) is 0 Å². The number of para-hydroxylation sites is 1. The van der Waals surface area contributed by atoms with Crippen LogP contribution in [0.4, 0.5) is 0 Å². The van der Waals surface area contributed by atoms with Crippen molar-refractivity contribution in [2.24, 2.45) is 0 Å². The number of ether oxygens (including phenoxy) is 1. The van der Waals surface area contributed by atoms with E-state index in [9.17, 15) is 0 Å². The molecule has 0 amide bonds. The normalized spacial score (nSPS) is 16.3. The molecule has 1 aliphatic rings. The highest BCUT2D eigenvalue weighted by atomic mass is 16.5. The maximum absolute atomic E-state index is 5.67. The molecular weight excluding hydrogens is 246 g/mol. The molecule has 0 aliphatic heterocycles. The molecule has 1 unspecified atom stereocenters. The number of benzene rings is 2. The fourth-order valence-corrected chi connectivity index (χ4v) is 2.73. The second-order valence-corrected chi connectivity index (χ2v) is 5.32. The molecule has 1 atom stereocenters. The molecular formula is C18H21NO. The van der Waals surface area contributed by atoms with Gasteiger partial charge in [0, 0.05) is 12.5 Å². The molecule has 0 saturated carbocycles. The monoisotopic (exact) mass is 267 g/mol. The van der Waals surface area contributed by atoms with E-state index in [1.165, 1.54) is 17.5 Å². The Bertz CT molecular complexity index is 538. The quantitative estimate of drug-likeness (QED) is 0.776. The van der Waals surface area contributed by atoms with Crippen molar-refractivity contribution >= 4 is 0 Å². The first-order valence-corrected chi connectivity index (χ1v) is 7.40. The first-order valence-electron chi connectivity index (χ1n) is 7.40. The Morgan fingerprint density at radius 3 is 2.65 bits per heavy atom. The van der Waals surface area contributed by atoms with E-state index in [1.807, 2.05) is 30.3 Å². The standard InChI is InChI=1S/C18H21NO/c1-2-8-17(9-3-1)20-12-6-11-19-14-16-13-15-7-4-5-10-18(15)16/h1-5,7-10,16,19H,6,11-14H2. The molecule has 2 heteroatoms. The minimum Gasteiger partial charge on any atom is -0.494 e. The van der Waals surface area contributed by atoms with Gasteiger partial charge in [-0.3, -0.25) is 0 Å². The van der Waals surface area contributed by atoms with Gasteiger partial charge in [0.1, 0.15) is 5.75 Å². The number of hydrogen-bond donors (Lipinski definition) is 1. The summed E-state index contributed by atoms with van der Waals surface area (Å²) >= 11 is 0. The van der Waals surface area contributed by atoms with Crippen molar-refractivity contribution in [2.75, 3.05) is 19.7 Å². The van der Waals surface area contributed by atoms with E-state index in [2.05, 4.69) is 29.6 Å². The number of fused-ring (bicyclic) bond motifs is 1. The average Bonchev–Trinajstić information content (AvgIpc) is 2.48. The molecule has 3 rings (SSSR count). The third-order valence-corrected chi connectivity index (χ3v) is 3.86. The van der Waals surface area contributed by atoms with Gasteiger partial charge in [-0.05, 0) is 42.6 Å². The van der Waals surface area contributed by atoms with Crippen LogP contribution < -0.4 is 10.1 Å². The summed E-state index contributed by atoms with van der Waals surface area (Å²) in [4.78, 5) is 0. The molecule has 1 N–H and O–H groups in total. The van der Waals surface area contributed by atoms with Crippen LogP contribution in [0.1, 0.15) is 23.5 Å². The molecule has 2 nitrogen and oxygen atoms in total. The van der Waals surface area contributed by atoms with Crippen LogP contribution in [-0.2, 0) is 6.42 Å². The second-order valence-electron chi connectivity index (χ2n) is 5.32. The highest BCUT2D eigenvalue weighted by Crippen LogP contribution is 2.33. The third-order valence-electron chi connectivity index (χ3n) is 3.86. The molecule has 2 aromatic carbocycles. The lowest BCUT2D eigenvalue weighted by molar-refractivity contribution is 0.307. The zero-order valence-corrected chi connectivity index (χ0v) is 11.7. The highest BCUT2D eigenvalue weighted by Gasteiger charge is 2.24. The molecule has 104 valence electrons. The lowest BCUT2D eigenvalue weighted by Crippen LogP contribution is -2.30. The van der Waals surface area contributed by atoms with Crippen molar-refractivity contribution in [1.29, 1.82) is 0 Å². The average molecular weight is 267 g/mol. The Labute approximate surface area is 120 Å². The zero-order valence-electron chi connectivity index (χ0n) is 11.7. The third kappa shape index (κ3) is 3.20. The van der Waals surface area contributed by atoms with Crippen LogP contribution in [0, 0.1) is 0 Å². The van der Waals surface area contributed by atoms with Gasteiger partial charge in [0.15, 0.2) is 0 Å². The van der Waals surface area contributed by atoms with Gasteiger partial charge in [0.05, 0.1) is 6.61 Å². The van der Waals surface area contributed by atoms with Gasteiger partial charge >= 0.3 is 0 Å². The summed E-state index contributed by atoms with van der Waals surface area (Å²) in [6.07, 6.45) is 2.27. The fourth-order valence-electron chi connectivity index (χ4n) is 2.73. The Kier molecular flexibility index (Phi) is 4.34. The summed E-state index contributed by atoms with van der Waals surface area (Å²) < 4.78 is 5.67. The lowest BCUT2D eigenvalue weighted by Gasteiger charge is -2.30. The van der Waals surface area contributed by atoms with Crippen LogP contribution in [0.2, 0.25) is 0 Å². The van der Waals surface area contributed by atoms with Gasteiger partial charge in [-0.15, -0.1) is 0 Å². The van der Waals surface area contributed by atoms with E-state index in [4.69, 9.17) is 4.74 Å². The predicted octanol–water partition coefficient (Wildman–Crippen LogP) is 3.39. The minimum absolute atomic E-state index is 0.709. The summed E-state index contributed by atoms with van der Waals surface area (Å²) in [7, 11) is 0. The summed E-state index contributed by atoms with van der Waals surface area (Å²) in [5.74, 6) is 1.67. The van der Waals surface area contributed by atoms with Crippen LogP contribution in [-0.4, -0.2) is 19.7 Å². The van der Waals surface area contributed by atoms with E-state index in [0.717, 1.165) is 31.9 Å². The summed E-state index contributed by atoms with van der Waals surface area (Å²) in [6.45, 7) is 2.88. The molecule has 0 fully saturated rings. The first kappa shape index (κ1) is 13.2. The van der Waals surface area contributed by atoms with Crippen molar-refractivity contribution in [3.05, 3.63) is 65.7 Å². The van der Waals surface area contributed by atoms with Crippen LogP contribution in [0.5, 0.6) is 5.75 Å². The molecule has 0 aromatic heterocycles. The van der Waals surface area contributed by atoms with Gasteiger partial charge < -0.3 is 10.1 Å². The molecule has 0 saturated heterocycles. The first-order chi connectivity index (χ1) is 9.93. The lowest BCUT2D eigenvalue weighted by atomic mass is 9.77. The molecule has 20 heavy (non-hydrogen) atoms. The molecule has 0 radical (unpaired) electrons. The summed E-state index contributed by atoms with van der Waals surface area (Å²) in [5, 5.41) is 3.53. The van der Waals surface area contributed by atoms with Gasteiger partial charge in [0.2, 0.25) is 0 Å². The maximum Gasteiger partial charge on any atom is 0.119 e. The Hall–Kier alpha value is -1.80. The van der Waals surface area contributed by atoms with Crippen LogP contribution in [0.25, 0.3) is 0 Å². The van der Waals surface area contributed by atoms with Gasteiger partial charge in [-0.2, -0.15) is 0 Å². The molecule has 0 spiro atoms.